The molecule has 3 aliphatic rings. The molecule has 2 fully saturated rings. The zero-order valence-corrected chi connectivity index (χ0v) is 16.3. The molecular formula is C23H36N2. The first-order valence-electron chi connectivity index (χ1n) is 10.6. The van der Waals surface area contributed by atoms with E-state index < -0.39 is 0 Å². The summed E-state index contributed by atoms with van der Waals surface area (Å²) < 4.78 is 0. The summed E-state index contributed by atoms with van der Waals surface area (Å²) in [5, 5.41) is 0. The Morgan fingerprint density at radius 1 is 0.920 bits per heavy atom. The first kappa shape index (κ1) is 17.5. The van der Waals surface area contributed by atoms with Crippen LogP contribution in [0.25, 0.3) is 0 Å². The number of piperidine rings is 1. The molecule has 1 saturated carbocycles. The second-order valence-corrected chi connectivity index (χ2v) is 9.40. The molecule has 1 aromatic rings. The first-order valence-corrected chi connectivity index (χ1v) is 10.6. The van der Waals surface area contributed by atoms with Crippen LogP contribution in [0.15, 0.2) is 24.3 Å². The Hall–Kier alpha value is -0.860. The second kappa shape index (κ2) is 7.40. The average molecular weight is 341 g/mol. The third-order valence-corrected chi connectivity index (χ3v) is 7.60. The van der Waals surface area contributed by atoms with Gasteiger partial charge in [-0.1, -0.05) is 44.5 Å². The van der Waals surface area contributed by atoms with Crippen molar-refractivity contribution < 1.29 is 0 Å². The predicted molar refractivity (Wildman–Crippen MR) is 106 cm³/mol. The van der Waals surface area contributed by atoms with Crippen molar-refractivity contribution in [3.63, 3.8) is 0 Å². The van der Waals surface area contributed by atoms with Crippen molar-refractivity contribution in [2.24, 2.45) is 17.3 Å². The molecule has 1 aliphatic carbocycles. The van der Waals surface area contributed by atoms with Crippen molar-refractivity contribution in [1.82, 2.24) is 9.80 Å². The highest BCUT2D eigenvalue weighted by Crippen LogP contribution is 2.53. The van der Waals surface area contributed by atoms with Gasteiger partial charge in [0.2, 0.25) is 0 Å². The molecule has 0 amide bonds. The summed E-state index contributed by atoms with van der Waals surface area (Å²) in [4.78, 5) is 5.43. The van der Waals surface area contributed by atoms with Gasteiger partial charge in [0.25, 0.3) is 0 Å². The molecule has 1 saturated heterocycles. The number of fused-ring (bicyclic) bond motifs is 1. The summed E-state index contributed by atoms with van der Waals surface area (Å²) >= 11 is 0. The maximum Gasteiger partial charge on any atom is 0.0236 e. The molecule has 2 atom stereocenters. The van der Waals surface area contributed by atoms with Gasteiger partial charge in [-0.05, 0) is 80.1 Å². The number of hydrogen-bond donors (Lipinski definition) is 0. The molecule has 25 heavy (non-hydrogen) atoms. The molecule has 0 bridgehead atoms. The van der Waals surface area contributed by atoms with Gasteiger partial charge in [0.1, 0.15) is 0 Å². The van der Waals surface area contributed by atoms with Gasteiger partial charge < -0.3 is 4.90 Å². The molecule has 0 aromatic heterocycles. The van der Waals surface area contributed by atoms with Crippen LogP contribution in [-0.2, 0) is 13.0 Å². The molecule has 2 unspecified atom stereocenters. The van der Waals surface area contributed by atoms with Crippen molar-refractivity contribution in [2.45, 2.75) is 58.9 Å². The Morgan fingerprint density at radius 2 is 1.68 bits per heavy atom. The minimum Gasteiger partial charge on any atom is -0.303 e. The monoisotopic (exact) mass is 340 g/mol. The van der Waals surface area contributed by atoms with Crippen molar-refractivity contribution in [3.05, 3.63) is 35.4 Å². The standard InChI is InChI=1S/C23H36N2/c1-23(2)21(16-22(23)18-24-12-6-3-7-13-24)11-15-25-14-10-19-8-4-5-9-20(19)17-25/h4-5,8-9,21-22H,3,6-7,10-18H2,1-2H3. The van der Waals surface area contributed by atoms with Crippen LogP contribution in [0.4, 0.5) is 0 Å². The smallest absolute Gasteiger partial charge is 0.0236 e. The zero-order valence-electron chi connectivity index (χ0n) is 16.3. The molecule has 1 aromatic carbocycles. The summed E-state index contributed by atoms with van der Waals surface area (Å²) in [6, 6.07) is 9.02. The maximum atomic E-state index is 2.74. The van der Waals surface area contributed by atoms with E-state index in [2.05, 4.69) is 47.9 Å². The Labute approximate surface area is 154 Å². The highest BCUT2D eigenvalue weighted by molar-refractivity contribution is 5.29. The van der Waals surface area contributed by atoms with E-state index in [9.17, 15) is 0 Å². The maximum absolute atomic E-state index is 2.74. The van der Waals surface area contributed by atoms with Gasteiger partial charge >= 0.3 is 0 Å². The zero-order chi connectivity index (χ0) is 17.3. The molecule has 0 radical (unpaired) electrons. The molecule has 0 spiro atoms. The largest absolute Gasteiger partial charge is 0.303 e. The van der Waals surface area contributed by atoms with E-state index in [1.165, 1.54) is 77.8 Å². The topological polar surface area (TPSA) is 6.48 Å². The van der Waals surface area contributed by atoms with Crippen molar-refractivity contribution in [3.8, 4) is 0 Å². The van der Waals surface area contributed by atoms with Crippen LogP contribution in [0.1, 0.15) is 57.1 Å². The van der Waals surface area contributed by atoms with Crippen LogP contribution in [-0.4, -0.2) is 42.5 Å². The van der Waals surface area contributed by atoms with Crippen molar-refractivity contribution >= 4 is 0 Å². The van der Waals surface area contributed by atoms with Crippen LogP contribution in [0.3, 0.4) is 0 Å². The summed E-state index contributed by atoms with van der Waals surface area (Å²) in [6.07, 6.45) is 8.40. The SMILES string of the molecule is CC1(C)C(CCN2CCc3ccccc3C2)CC1CN1CCCCC1. The van der Waals surface area contributed by atoms with Crippen LogP contribution in [0.5, 0.6) is 0 Å². The quantitative estimate of drug-likeness (QED) is 0.774. The van der Waals surface area contributed by atoms with E-state index in [1.807, 2.05) is 0 Å². The number of benzene rings is 1. The molecule has 138 valence electrons. The summed E-state index contributed by atoms with van der Waals surface area (Å²) in [5.74, 6) is 1.86. The fourth-order valence-corrected chi connectivity index (χ4v) is 5.46. The lowest BCUT2D eigenvalue weighted by Crippen LogP contribution is -2.51. The lowest BCUT2D eigenvalue weighted by molar-refractivity contribution is -0.0505. The molecule has 2 nitrogen and oxygen atoms in total. The molecule has 0 N–H and O–H groups in total. The Kier molecular flexibility index (Phi) is 5.20. The molecule has 4 rings (SSSR count). The van der Waals surface area contributed by atoms with Gasteiger partial charge in [-0.15, -0.1) is 0 Å². The highest BCUT2D eigenvalue weighted by atomic mass is 15.1. The summed E-state index contributed by atoms with van der Waals surface area (Å²) in [5.41, 5.74) is 3.68. The highest BCUT2D eigenvalue weighted by Gasteiger charge is 2.47. The first-order chi connectivity index (χ1) is 12.1. The average Bonchev–Trinajstić information content (AvgIpc) is 2.64. The lowest BCUT2D eigenvalue weighted by Gasteiger charge is -2.54. The number of hydrogen-bond acceptors (Lipinski definition) is 2. The Morgan fingerprint density at radius 3 is 2.44 bits per heavy atom. The molecule has 2 heterocycles. The van der Waals surface area contributed by atoms with E-state index in [1.54, 1.807) is 11.1 Å². The van der Waals surface area contributed by atoms with E-state index in [4.69, 9.17) is 0 Å². The second-order valence-electron chi connectivity index (χ2n) is 9.40. The fourth-order valence-electron chi connectivity index (χ4n) is 5.46. The van der Waals surface area contributed by atoms with Crippen molar-refractivity contribution in [2.75, 3.05) is 32.7 Å². The molecule has 2 aliphatic heterocycles. The van der Waals surface area contributed by atoms with Crippen LogP contribution in [0, 0.1) is 17.3 Å². The minimum absolute atomic E-state index is 0.547. The van der Waals surface area contributed by atoms with Gasteiger partial charge in [0.05, 0.1) is 0 Å². The van der Waals surface area contributed by atoms with Gasteiger partial charge in [-0.2, -0.15) is 0 Å². The lowest BCUT2D eigenvalue weighted by atomic mass is 9.53. The van der Waals surface area contributed by atoms with Crippen LogP contribution in [0.2, 0.25) is 0 Å². The third-order valence-electron chi connectivity index (χ3n) is 7.60. The molecular weight excluding hydrogens is 304 g/mol. The number of rotatable bonds is 5. The fraction of sp³-hybridized carbons (Fsp3) is 0.739. The van der Waals surface area contributed by atoms with Gasteiger partial charge in [0.15, 0.2) is 0 Å². The van der Waals surface area contributed by atoms with E-state index in [0.29, 0.717) is 5.41 Å². The van der Waals surface area contributed by atoms with Crippen LogP contribution >= 0.6 is 0 Å². The van der Waals surface area contributed by atoms with E-state index in [0.717, 1.165) is 11.8 Å². The normalized spacial score (nSPS) is 29.8. The van der Waals surface area contributed by atoms with Gasteiger partial charge in [-0.25, -0.2) is 0 Å². The van der Waals surface area contributed by atoms with Gasteiger partial charge in [0, 0.05) is 19.6 Å². The number of nitrogens with zero attached hydrogens (tertiary/aromatic N) is 2. The Bertz CT molecular complexity index is 573. The summed E-state index contributed by atoms with van der Waals surface area (Å²) in [7, 11) is 0. The Balaban J connectivity index is 1.24. The van der Waals surface area contributed by atoms with Crippen LogP contribution < -0.4 is 0 Å². The third kappa shape index (κ3) is 3.80. The minimum atomic E-state index is 0.547. The van der Waals surface area contributed by atoms with Gasteiger partial charge in [-0.3, -0.25) is 4.90 Å². The number of likely N-dealkylation sites (tertiary alicyclic amines) is 1. The van der Waals surface area contributed by atoms with Crippen molar-refractivity contribution in [1.29, 1.82) is 0 Å². The molecule has 2 heteroatoms. The van der Waals surface area contributed by atoms with E-state index in [-0.39, 0.29) is 0 Å². The predicted octanol–water partition coefficient (Wildman–Crippen LogP) is 4.58. The van der Waals surface area contributed by atoms with E-state index >= 15 is 0 Å². The summed E-state index contributed by atoms with van der Waals surface area (Å²) in [6.45, 7) is 12.9.